The number of hydrogen-bond donors (Lipinski definition) is 1. The number of aromatic hydroxyl groups is 1. The minimum absolute atomic E-state index is 0.00870. The van der Waals surface area contributed by atoms with Crippen molar-refractivity contribution in [1.82, 2.24) is 4.90 Å². The SMILES string of the molecule is CCCCN(C(=O)c1ccc(Br)c(O)c1)C(C)CC. The summed E-state index contributed by atoms with van der Waals surface area (Å²) in [6.07, 6.45) is 2.99. The van der Waals surface area contributed by atoms with Gasteiger partial charge in [-0.15, -0.1) is 0 Å². The predicted octanol–water partition coefficient (Wildman–Crippen LogP) is 4.20. The van der Waals surface area contributed by atoms with Crippen molar-refractivity contribution >= 4 is 21.8 Å². The number of hydrogen-bond acceptors (Lipinski definition) is 2. The van der Waals surface area contributed by atoms with E-state index in [4.69, 9.17) is 0 Å². The van der Waals surface area contributed by atoms with Crippen LogP contribution in [0.1, 0.15) is 50.4 Å². The Morgan fingerprint density at radius 2 is 2.11 bits per heavy atom. The third-order valence-corrected chi connectivity index (χ3v) is 4.00. The third-order valence-electron chi connectivity index (χ3n) is 3.33. The van der Waals surface area contributed by atoms with Gasteiger partial charge in [0.25, 0.3) is 5.91 Å². The van der Waals surface area contributed by atoms with E-state index in [0.717, 1.165) is 25.8 Å². The number of rotatable bonds is 6. The molecule has 0 aliphatic heterocycles. The molecule has 1 aromatic carbocycles. The summed E-state index contributed by atoms with van der Waals surface area (Å²) in [6.45, 7) is 7.02. The molecule has 0 bridgehead atoms. The lowest BCUT2D eigenvalue weighted by Crippen LogP contribution is -2.39. The minimum Gasteiger partial charge on any atom is -0.507 e. The monoisotopic (exact) mass is 327 g/mol. The summed E-state index contributed by atoms with van der Waals surface area (Å²) in [7, 11) is 0. The molecule has 0 fully saturated rings. The third kappa shape index (κ3) is 4.23. The first kappa shape index (κ1) is 16.0. The van der Waals surface area contributed by atoms with Crippen LogP contribution in [0.5, 0.6) is 5.75 Å². The maximum Gasteiger partial charge on any atom is 0.254 e. The molecule has 1 atom stereocenters. The molecule has 0 heterocycles. The van der Waals surface area contributed by atoms with E-state index < -0.39 is 0 Å². The standard InChI is InChI=1S/C15H22BrNO2/c1-4-6-9-17(11(3)5-2)15(19)12-7-8-13(16)14(18)10-12/h7-8,10-11,18H,4-6,9H2,1-3H3. The molecule has 1 unspecified atom stereocenters. The summed E-state index contributed by atoms with van der Waals surface area (Å²) in [5, 5.41) is 9.69. The van der Waals surface area contributed by atoms with E-state index in [1.165, 1.54) is 6.07 Å². The van der Waals surface area contributed by atoms with Gasteiger partial charge in [-0.3, -0.25) is 4.79 Å². The zero-order valence-electron chi connectivity index (χ0n) is 11.8. The van der Waals surface area contributed by atoms with E-state index in [1.54, 1.807) is 12.1 Å². The summed E-state index contributed by atoms with van der Waals surface area (Å²) in [5.41, 5.74) is 0.539. The summed E-state index contributed by atoms with van der Waals surface area (Å²) in [5.74, 6) is 0.0936. The Kier molecular flexibility index (Phi) is 6.35. The van der Waals surface area contributed by atoms with E-state index in [0.29, 0.717) is 10.0 Å². The number of unbranched alkanes of at least 4 members (excludes halogenated alkanes) is 1. The Morgan fingerprint density at radius 3 is 2.63 bits per heavy atom. The number of carbonyl (C=O) groups is 1. The molecular formula is C15H22BrNO2. The number of phenols is 1. The molecule has 106 valence electrons. The molecule has 3 nitrogen and oxygen atoms in total. The van der Waals surface area contributed by atoms with Crippen molar-refractivity contribution in [2.45, 2.75) is 46.1 Å². The number of phenolic OH excluding ortho intramolecular Hbond substituents is 1. The molecule has 0 aliphatic rings. The van der Waals surface area contributed by atoms with Crippen molar-refractivity contribution in [2.75, 3.05) is 6.54 Å². The van der Waals surface area contributed by atoms with Crippen LogP contribution in [0.3, 0.4) is 0 Å². The fourth-order valence-electron chi connectivity index (χ4n) is 1.88. The van der Waals surface area contributed by atoms with Gasteiger partial charge < -0.3 is 10.0 Å². The number of benzene rings is 1. The topological polar surface area (TPSA) is 40.5 Å². The van der Waals surface area contributed by atoms with Gasteiger partial charge in [0.05, 0.1) is 4.47 Å². The highest BCUT2D eigenvalue weighted by Crippen LogP contribution is 2.25. The van der Waals surface area contributed by atoms with Crippen LogP contribution in [0.25, 0.3) is 0 Å². The lowest BCUT2D eigenvalue weighted by atomic mass is 10.1. The van der Waals surface area contributed by atoms with Crippen LogP contribution >= 0.6 is 15.9 Å². The second-order valence-electron chi connectivity index (χ2n) is 4.78. The van der Waals surface area contributed by atoms with Gasteiger partial charge in [-0.1, -0.05) is 20.3 Å². The molecule has 0 aliphatic carbocycles. The quantitative estimate of drug-likeness (QED) is 0.850. The second kappa shape index (κ2) is 7.53. The molecular weight excluding hydrogens is 306 g/mol. The van der Waals surface area contributed by atoms with Gasteiger partial charge in [0, 0.05) is 18.2 Å². The summed E-state index contributed by atoms with van der Waals surface area (Å²) < 4.78 is 0.604. The average Bonchev–Trinajstić information content (AvgIpc) is 2.41. The molecule has 19 heavy (non-hydrogen) atoms. The molecule has 0 saturated carbocycles. The number of carbonyl (C=O) groups excluding carboxylic acids is 1. The van der Waals surface area contributed by atoms with E-state index in [1.807, 2.05) is 4.90 Å². The first-order valence-corrected chi connectivity index (χ1v) is 7.60. The highest BCUT2D eigenvalue weighted by atomic mass is 79.9. The molecule has 0 saturated heterocycles. The van der Waals surface area contributed by atoms with Crippen molar-refractivity contribution < 1.29 is 9.90 Å². The lowest BCUT2D eigenvalue weighted by molar-refractivity contribution is 0.0685. The fraction of sp³-hybridized carbons (Fsp3) is 0.533. The fourth-order valence-corrected chi connectivity index (χ4v) is 2.13. The smallest absolute Gasteiger partial charge is 0.254 e. The minimum atomic E-state index is -0.00870. The first-order chi connectivity index (χ1) is 9.01. The van der Waals surface area contributed by atoms with Crippen LogP contribution in [0.4, 0.5) is 0 Å². The van der Waals surface area contributed by atoms with E-state index in [-0.39, 0.29) is 17.7 Å². The van der Waals surface area contributed by atoms with Crippen LogP contribution in [-0.2, 0) is 0 Å². The number of amides is 1. The summed E-state index contributed by atoms with van der Waals surface area (Å²) >= 11 is 3.23. The molecule has 0 aromatic heterocycles. The second-order valence-corrected chi connectivity index (χ2v) is 5.63. The van der Waals surface area contributed by atoms with Gasteiger partial charge in [0.1, 0.15) is 5.75 Å². The largest absolute Gasteiger partial charge is 0.507 e. The molecule has 1 aromatic rings. The average molecular weight is 328 g/mol. The lowest BCUT2D eigenvalue weighted by Gasteiger charge is -2.28. The Morgan fingerprint density at radius 1 is 1.42 bits per heavy atom. The van der Waals surface area contributed by atoms with Crippen molar-refractivity contribution in [3.05, 3.63) is 28.2 Å². The number of nitrogens with zero attached hydrogens (tertiary/aromatic N) is 1. The Bertz CT molecular complexity index is 434. The summed E-state index contributed by atoms with van der Waals surface area (Å²) in [6, 6.07) is 5.18. The molecule has 1 amide bonds. The van der Waals surface area contributed by atoms with Crippen molar-refractivity contribution in [1.29, 1.82) is 0 Å². The highest BCUT2D eigenvalue weighted by molar-refractivity contribution is 9.10. The molecule has 0 radical (unpaired) electrons. The summed E-state index contributed by atoms with van der Waals surface area (Å²) in [4.78, 5) is 14.4. The van der Waals surface area contributed by atoms with Crippen molar-refractivity contribution in [3.8, 4) is 5.75 Å². The number of halogens is 1. The maximum absolute atomic E-state index is 12.5. The normalized spacial score (nSPS) is 12.2. The predicted molar refractivity (Wildman–Crippen MR) is 81.5 cm³/mol. The Balaban J connectivity index is 2.94. The van der Waals surface area contributed by atoms with Crippen molar-refractivity contribution in [3.63, 3.8) is 0 Å². The molecule has 4 heteroatoms. The first-order valence-electron chi connectivity index (χ1n) is 6.80. The van der Waals surface area contributed by atoms with E-state index in [9.17, 15) is 9.90 Å². The van der Waals surface area contributed by atoms with Crippen LogP contribution in [0.2, 0.25) is 0 Å². The zero-order chi connectivity index (χ0) is 14.4. The van der Waals surface area contributed by atoms with Crippen molar-refractivity contribution in [2.24, 2.45) is 0 Å². The van der Waals surface area contributed by atoms with Crippen LogP contribution in [0.15, 0.2) is 22.7 Å². The highest BCUT2D eigenvalue weighted by Gasteiger charge is 2.20. The molecule has 1 rings (SSSR count). The molecule has 0 spiro atoms. The van der Waals surface area contributed by atoms with Gasteiger partial charge >= 0.3 is 0 Å². The maximum atomic E-state index is 12.5. The Hall–Kier alpha value is -1.03. The van der Waals surface area contributed by atoms with Crippen LogP contribution < -0.4 is 0 Å². The van der Waals surface area contributed by atoms with E-state index in [2.05, 4.69) is 36.7 Å². The van der Waals surface area contributed by atoms with Gasteiger partial charge in [-0.2, -0.15) is 0 Å². The van der Waals surface area contributed by atoms with Gasteiger partial charge in [-0.05, 0) is 53.9 Å². The zero-order valence-corrected chi connectivity index (χ0v) is 13.4. The molecule has 1 N–H and O–H groups in total. The van der Waals surface area contributed by atoms with Crippen LogP contribution in [-0.4, -0.2) is 28.5 Å². The van der Waals surface area contributed by atoms with Gasteiger partial charge in [-0.25, -0.2) is 0 Å². The van der Waals surface area contributed by atoms with Gasteiger partial charge in [0.15, 0.2) is 0 Å². The van der Waals surface area contributed by atoms with E-state index >= 15 is 0 Å². The van der Waals surface area contributed by atoms with Crippen LogP contribution in [0, 0.1) is 0 Å². The van der Waals surface area contributed by atoms with Gasteiger partial charge in [0.2, 0.25) is 0 Å². The Labute approximate surface area is 123 Å².